The highest BCUT2D eigenvalue weighted by molar-refractivity contribution is 6.14. The van der Waals surface area contributed by atoms with Gasteiger partial charge in [0.1, 0.15) is 5.75 Å². The number of carbonyl (C=O) groups excluding carboxylic acids is 1. The van der Waals surface area contributed by atoms with Gasteiger partial charge in [0.25, 0.3) is 5.91 Å². The molecule has 194 valence electrons. The molecule has 5 nitrogen and oxygen atoms in total. The molecule has 37 heavy (non-hydrogen) atoms. The predicted molar refractivity (Wildman–Crippen MR) is 149 cm³/mol. The van der Waals surface area contributed by atoms with E-state index in [1.807, 2.05) is 75.4 Å². The summed E-state index contributed by atoms with van der Waals surface area (Å²) >= 11 is 0. The van der Waals surface area contributed by atoms with E-state index in [0.29, 0.717) is 23.4 Å². The molecule has 3 aromatic rings. The summed E-state index contributed by atoms with van der Waals surface area (Å²) in [4.78, 5) is 29.1. The molecule has 1 aliphatic heterocycles. The van der Waals surface area contributed by atoms with Gasteiger partial charge in [0.2, 0.25) is 0 Å². The zero-order chi connectivity index (χ0) is 27.1. The molecule has 0 aliphatic carbocycles. The summed E-state index contributed by atoms with van der Waals surface area (Å²) in [6.07, 6.45) is 0.329. The quantitative estimate of drug-likeness (QED) is 0.387. The van der Waals surface area contributed by atoms with E-state index in [-0.39, 0.29) is 17.2 Å². The van der Waals surface area contributed by atoms with Gasteiger partial charge in [-0.25, -0.2) is 4.79 Å². The van der Waals surface area contributed by atoms with Gasteiger partial charge in [-0.3, -0.25) is 9.69 Å². The summed E-state index contributed by atoms with van der Waals surface area (Å²) < 4.78 is 5.67. The molecule has 4 rings (SSSR count). The third kappa shape index (κ3) is 4.41. The van der Waals surface area contributed by atoms with Crippen LogP contribution in [0.1, 0.15) is 75.4 Å². The standard InChI is InChI=1S/C32H37NO4/c1-20(2)19-32(30(35)36)21(3)28-24(22-12-9-8-10-13-22)14-11-15-26(28)33(32)29(34)23-16-17-25(31(4,5)6)27(18-23)37-7/h8-18,20-21H,19H2,1-7H3,(H,35,36). The predicted octanol–water partition coefficient (Wildman–Crippen LogP) is 7.29. The second kappa shape index (κ2) is 9.70. The Morgan fingerprint density at radius 1 is 1.03 bits per heavy atom. The lowest BCUT2D eigenvalue weighted by Gasteiger charge is -2.39. The first kappa shape index (κ1) is 26.5. The number of fused-ring (bicyclic) bond motifs is 1. The van der Waals surface area contributed by atoms with Crippen molar-refractivity contribution in [1.82, 2.24) is 0 Å². The van der Waals surface area contributed by atoms with Crippen molar-refractivity contribution in [2.75, 3.05) is 12.0 Å². The third-order valence-electron chi connectivity index (χ3n) is 7.51. The Bertz CT molecular complexity index is 1320. The van der Waals surface area contributed by atoms with Gasteiger partial charge in [0.05, 0.1) is 7.11 Å². The maximum atomic E-state index is 14.3. The van der Waals surface area contributed by atoms with Gasteiger partial charge in [-0.15, -0.1) is 0 Å². The maximum absolute atomic E-state index is 14.3. The number of carboxylic acids is 1. The number of hydrogen-bond donors (Lipinski definition) is 1. The van der Waals surface area contributed by atoms with E-state index < -0.39 is 17.4 Å². The minimum atomic E-state index is -1.42. The van der Waals surface area contributed by atoms with Crippen molar-refractivity contribution in [1.29, 1.82) is 0 Å². The van der Waals surface area contributed by atoms with Gasteiger partial charge in [0.15, 0.2) is 5.54 Å². The molecule has 0 radical (unpaired) electrons. The Hall–Kier alpha value is -3.60. The third-order valence-corrected chi connectivity index (χ3v) is 7.51. The van der Waals surface area contributed by atoms with Crippen LogP contribution in [0.3, 0.4) is 0 Å². The zero-order valence-electron chi connectivity index (χ0n) is 22.8. The largest absolute Gasteiger partial charge is 0.496 e. The van der Waals surface area contributed by atoms with Gasteiger partial charge in [0, 0.05) is 17.2 Å². The summed E-state index contributed by atoms with van der Waals surface area (Å²) in [5.41, 5.74) is 3.30. The molecule has 0 saturated carbocycles. The summed E-state index contributed by atoms with van der Waals surface area (Å²) in [6.45, 7) is 12.2. The van der Waals surface area contributed by atoms with Crippen molar-refractivity contribution in [3.05, 3.63) is 83.4 Å². The Kier molecular flexibility index (Phi) is 6.93. The molecule has 5 heteroatoms. The first-order valence-corrected chi connectivity index (χ1v) is 12.9. The molecule has 0 bridgehead atoms. The highest BCUT2D eigenvalue weighted by atomic mass is 16.5. The monoisotopic (exact) mass is 499 g/mol. The molecule has 1 heterocycles. The first-order chi connectivity index (χ1) is 17.4. The topological polar surface area (TPSA) is 66.8 Å². The highest BCUT2D eigenvalue weighted by Crippen LogP contribution is 2.54. The van der Waals surface area contributed by atoms with Crippen molar-refractivity contribution in [3.8, 4) is 16.9 Å². The van der Waals surface area contributed by atoms with E-state index in [1.54, 1.807) is 24.1 Å². The minimum absolute atomic E-state index is 0.0566. The van der Waals surface area contributed by atoms with Crippen LogP contribution in [0.15, 0.2) is 66.7 Å². The lowest BCUT2D eigenvalue weighted by molar-refractivity contribution is -0.144. The van der Waals surface area contributed by atoms with Gasteiger partial charge in [-0.05, 0) is 58.2 Å². The number of methoxy groups -OCH3 is 1. The van der Waals surface area contributed by atoms with E-state index in [1.165, 1.54) is 0 Å². The number of benzene rings is 3. The van der Waals surface area contributed by atoms with Crippen LogP contribution in [0, 0.1) is 5.92 Å². The number of carboxylic acid groups (broad SMARTS) is 1. The highest BCUT2D eigenvalue weighted by Gasteiger charge is 2.58. The number of ether oxygens (including phenoxy) is 1. The van der Waals surface area contributed by atoms with Crippen molar-refractivity contribution in [2.24, 2.45) is 5.92 Å². The second-order valence-electron chi connectivity index (χ2n) is 11.5. The van der Waals surface area contributed by atoms with Gasteiger partial charge in [-0.2, -0.15) is 0 Å². The second-order valence-corrected chi connectivity index (χ2v) is 11.5. The smallest absolute Gasteiger partial charge is 0.330 e. The van der Waals surface area contributed by atoms with Gasteiger partial charge >= 0.3 is 5.97 Å². The SMILES string of the molecule is COc1cc(C(=O)N2c3cccc(-c4ccccc4)c3C(C)C2(CC(C)C)C(=O)O)ccc1C(C)(C)C. The van der Waals surface area contributed by atoms with E-state index in [0.717, 1.165) is 22.3 Å². The number of hydrogen-bond acceptors (Lipinski definition) is 3. The average Bonchev–Trinajstić information content (AvgIpc) is 3.11. The number of amides is 1. The van der Waals surface area contributed by atoms with E-state index in [2.05, 4.69) is 20.8 Å². The first-order valence-electron chi connectivity index (χ1n) is 12.9. The lowest BCUT2D eigenvalue weighted by Crippen LogP contribution is -2.58. The van der Waals surface area contributed by atoms with Crippen LogP contribution in [0.2, 0.25) is 0 Å². The molecule has 3 aromatic carbocycles. The average molecular weight is 500 g/mol. The number of aliphatic carboxylic acids is 1. The molecule has 2 atom stereocenters. The van der Waals surface area contributed by atoms with Crippen LogP contribution in [-0.4, -0.2) is 29.6 Å². The molecule has 1 N–H and O–H groups in total. The van der Waals surface area contributed by atoms with Crippen molar-refractivity contribution < 1.29 is 19.4 Å². The van der Waals surface area contributed by atoms with Crippen LogP contribution in [0.5, 0.6) is 5.75 Å². The number of carbonyl (C=O) groups is 2. The minimum Gasteiger partial charge on any atom is -0.496 e. The molecular weight excluding hydrogens is 462 g/mol. The number of rotatable bonds is 6. The van der Waals surface area contributed by atoms with E-state index >= 15 is 0 Å². The molecular formula is C32H37NO4. The van der Waals surface area contributed by atoms with Crippen LogP contribution >= 0.6 is 0 Å². The fourth-order valence-electron chi connectivity index (χ4n) is 5.84. The van der Waals surface area contributed by atoms with E-state index in [9.17, 15) is 14.7 Å². The van der Waals surface area contributed by atoms with E-state index in [4.69, 9.17) is 4.74 Å². The Morgan fingerprint density at radius 3 is 2.27 bits per heavy atom. The Labute approximate surface area is 220 Å². The number of nitrogens with zero attached hydrogens (tertiary/aromatic N) is 1. The molecule has 0 saturated heterocycles. The molecule has 0 spiro atoms. The fraction of sp³-hybridized carbons (Fsp3) is 0.375. The Balaban J connectivity index is 1.96. The molecule has 1 aliphatic rings. The van der Waals surface area contributed by atoms with Crippen molar-refractivity contribution >= 4 is 17.6 Å². The van der Waals surface area contributed by atoms with Crippen LogP contribution in [0.25, 0.3) is 11.1 Å². The van der Waals surface area contributed by atoms with Crippen LogP contribution in [-0.2, 0) is 10.2 Å². The number of anilines is 1. The fourth-order valence-corrected chi connectivity index (χ4v) is 5.84. The van der Waals surface area contributed by atoms with Gasteiger partial charge in [-0.1, -0.05) is 90.1 Å². The van der Waals surface area contributed by atoms with Gasteiger partial charge < -0.3 is 9.84 Å². The lowest BCUT2D eigenvalue weighted by atomic mass is 9.76. The summed E-state index contributed by atoms with van der Waals surface area (Å²) in [5, 5.41) is 10.8. The van der Waals surface area contributed by atoms with Crippen LogP contribution < -0.4 is 9.64 Å². The molecule has 0 aromatic heterocycles. The zero-order valence-corrected chi connectivity index (χ0v) is 22.8. The molecule has 2 unspecified atom stereocenters. The van der Waals surface area contributed by atoms with Crippen molar-refractivity contribution in [3.63, 3.8) is 0 Å². The van der Waals surface area contributed by atoms with Crippen molar-refractivity contribution in [2.45, 2.75) is 64.8 Å². The Morgan fingerprint density at radius 2 is 1.70 bits per heavy atom. The summed E-state index contributed by atoms with van der Waals surface area (Å²) in [5.74, 6) is -1.07. The molecule has 0 fully saturated rings. The summed E-state index contributed by atoms with van der Waals surface area (Å²) in [6, 6.07) is 21.2. The normalized spacial score (nSPS) is 19.1. The maximum Gasteiger partial charge on any atom is 0.330 e. The molecule has 1 amide bonds. The summed E-state index contributed by atoms with van der Waals surface area (Å²) in [7, 11) is 1.60. The van der Waals surface area contributed by atoms with Crippen LogP contribution in [0.4, 0.5) is 5.69 Å².